The van der Waals surface area contributed by atoms with E-state index in [-0.39, 0.29) is 0 Å². The van der Waals surface area contributed by atoms with E-state index in [0.29, 0.717) is 0 Å². The highest BCUT2D eigenvalue weighted by Crippen LogP contribution is 2.22. The molecule has 0 aliphatic carbocycles. The van der Waals surface area contributed by atoms with Gasteiger partial charge in [0.2, 0.25) is 0 Å². The summed E-state index contributed by atoms with van der Waals surface area (Å²) in [6.45, 7) is 6.40. The van der Waals surface area contributed by atoms with Gasteiger partial charge in [-0.1, -0.05) is 13.8 Å². The number of hydrogen-bond donors (Lipinski definition) is 0. The Morgan fingerprint density at radius 2 is 1.50 bits per heavy atom. The molecule has 2 heteroatoms. The van der Waals surface area contributed by atoms with Crippen LogP contribution in [0, 0.1) is 0 Å². The number of benzene rings is 1. The van der Waals surface area contributed by atoms with Crippen LogP contribution < -0.4 is 9.64 Å². The van der Waals surface area contributed by atoms with Gasteiger partial charge in [0.25, 0.3) is 0 Å². The summed E-state index contributed by atoms with van der Waals surface area (Å²) in [4.78, 5) is 2.45. The van der Waals surface area contributed by atoms with Crippen molar-refractivity contribution < 1.29 is 4.74 Å². The van der Waals surface area contributed by atoms with Crippen LogP contribution in [0.15, 0.2) is 24.3 Å². The minimum absolute atomic E-state index is 0.936. The van der Waals surface area contributed by atoms with Crippen LogP contribution in [0.1, 0.15) is 33.1 Å². The normalized spacial score (nSPS) is 15.1. The minimum Gasteiger partial charge on any atom is -0.497 e. The van der Waals surface area contributed by atoms with Gasteiger partial charge in [-0.3, -0.25) is 0 Å². The van der Waals surface area contributed by atoms with E-state index in [1.807, 2.05) is 26.0 Å². The second-order valence-electron chi connectivity index (χ2n) is 3.75. The number of nitrogens with zero attached hydrogens (tertiary/aromatic N) is 1. The lowest BCUT2D eigenvalue weighted by Crippen LogP contribution is -2.29. The second-order valence-corrected chi connectivity index (χ2v) is 3.75. The summed E-state index contributed by atoms with van der Waals surface area (Å²) >= 11 is 0. The molecule has 0 spiro atoms. The molecule has 0 unspecified atom stereocenters. The third-order valence-corrected chi connectivity index (χ3v) is 2.79. The molecular weight excluding hydrogens is 198 g/mol. The number of methoxy groups -OCH3 is 1. The molecule has 0 aromatic heterocycles. The summed E-state index contributed by atoms with van der Waals surface area (Å²) in [5.41, 5.74) is 1.32. The van der Waals surface area contributed by atoms with Gasteiger partial charge in [0.15, 0.2) is 0 Å². The Hall–Kier alpha value is -1.18. The molecule has 2 nitrogen and oxygen atoms in total. The third-order valence-electron chi connectivity index (χ3n) is 2.79. The van der Waals surface area contributed by atoms with Crippen LogP contribution in [0.25, 0.3) is 0 Å². The molecule has 1 aromatic carbocycles. The van der Waals surface area contributed by atoms with Crippen molar-refractivity contribution in [2.45, 2.75) is 33.1 Å². The fourth-order valence-electron chi connectivity index (χ4n) is 1.95. The number of anilines is 1. The standard InChI is InChI=1S/C12H17NO.C2H6/c1-14-12-7-5-11(6-8-12)13-9-3-2-4-10-13;1-2/h5-8H,2-4,9-10H2,1H3;1-2H3. The highest BCUT2D eigenvalue weighted by Gasteiger charge is 2.10. The van der Waals surface area contributed by atoms with Crippen molar-refractivity contribution in [3.63, 3.8) is 0 Å². The zero-order valence-corrected chi connectivity index (χ0v) is 10.7. The molecule has 2 rings (SSSR count). The van der Waals surface area contributed by atoms with Crippen molar-refractivity contribution in [3.05, 3.63) is 24.3 Å². The van der Waals surface area contributed by atoms with Crippen LogP contribution in [-0.2, 0) is 0 Å². The average molecular weight is 221 g/mol. The molecule has 0 saturated carbocycles. The van der Waals surface area contributed by atoms with Crippen molar-refractivity contribution in [1.82, 2.24) is 0 Å². The van der Waals surface area contributed by atoms with Gasteiger partial charge < -0.3 is 9.64 Å². The van der Waals surface area contributed by atoms with E-state index in [2.05, 4.69) is 17.0 Å². The number of piperidine rings is 1. The van der Waals surface area contributed by atoms with Gasteiger partial charge in [-0.05, 0) is 43.5 Å². The molecule has 16 heavy (non-hydrogen) atoms. The van der Waals surface area contributed by atoms with Gasteiger partial charge in [0.1, 0.15) is 5.75 Å². The highest BCUT2D eigenvalue weighted by molar-refractivity contribution is 5.49. The van der Waals surface area contributed by atoms with E-state index < -0.39 is 0 Å². The van der Waals surface area contributed by atoms with Crippen LogP contribution in [0.2, 0.25) is 0 Å². The maximum Gasteiger partial charge on any atom is 0.119 e. The molecule has 1 saturated heterocycles. The summed E-state index contributed by atoms with van der Waals surface area (Å²) in [5.74, 6) is 0.936. The van der Waals surface area contributed by atoms with Crippen LogP contribution >= 0.6 is 0 Å². The summed E-state index contributed by atoms with van der Waals surface area (Å²) in [6.07, 6.45) is 4.03. The van der Waals surface area contributed by atoms with E-state index in [1.165, 1.54) is 38.0 Å². The summed E-state index contributed by atoms with van der Waals surface area (Å²) < 4.78 is 5.14. The lowest BCUT2D eigenvalue weighted by atomic mass is 10.1. The smallest absolute Gasteiger partial charge is 0.119 e. The third kappa shape index (κ3) is 3.44. The van der Waals surface area contributed by atoms with E-state index in [9.17, 15) is 0 Å². The molecule has 1 fully saturated rings. The van der Waals surface area contributed by atoms with Crippen LogP contribution in [-0.4, -0.2) is 20.2 Å². The molecular formula is C14H23NO. The lowest BCUT2D eigenvalue weighted by Gasteiger charge is -2.28. The first-order valence-corrected chi connectivity index (χ1v) is 6.29. The maximum atomic E-state index is 5.14. The Bertz CT molecular complexity index is 275. The highest BCUT2D eigenvalue weighted by atomic mass is 16.5. The first kappa shape index (κ1) is 12.9. The number of rotatable bonds is 2. The zero-order chi connectivity index (χ0) is 11.8. The van der Waals surface area contributed by atoms with Crippen molar-refractivity contribution in [2.24, 2.45) is 0 Å². The molecule has 1 heterocycles. The Labute approximate surface area is 99.2 Å². The Balaban J connectivity index is 0.000000606. The summed E-state index contributed by atoms with van der Waals surface area (Å²) in [5, 5.41) is 0. The van der Waals surface area contributed by atoms with E-state index in [4.69, 9.17) is 4.74 Å². The maximum absolute atomic E-state index is 5.14. The number of hydrogen-bond acceptors (Lipinski definition) is 2. The Kier molecular flexibility index (Phi) is 5.76. The Morgan fingerprint density at radius 3 is 2.00 bits per heavy atom. The zero-order valence-electron chi connectivity index (χ0n) is 10.7. The van der Waals surface area contributed by atoms with E-state index in [1.54, 1.807) is 7.11 Å². The van der Waals surface area contributed by atoms with Crippen LogP contribution in [0.5, 0.6) is 5.75 Å². The van der Waals surface area contributed by atoms with Gasteiger partial charge in [0, 0.05) is 18.8 Å². The summed E-state index contributed by atoms with van der Waals surface area (Å²) in [7, 11) is 1.70. The van der Waals surface area contributed by atoms with Crippen LogP contribution in [0.3, 0.4) is 0 Å². The Morgan fingerprint density at radius 1 is 0.938 bits per heavy atom. The average Bonchev–Trinajstić information content (AvgIpc) is 2.42. The first-order chi connectivity index (χ1) is 7.90. The predicted octanol–water partition coefficient (Wildman–Crippen LogP) is 3.71. The molecule has 0 N–H and O–H groups in total. The fraction of sp³-hybridized carbons (Fsp3) is 0.571. The monoisotopic (exact) mass is 221 g/mol. The molecule has 1 aliphatic rings. The van der Waals surface area contributed by atoms with Crippen molar-refractivity contribution >= 4 is 5.69 Å². The van der Waals surface area contributed by atoms with E-state index in [0.717, 1.165) is 5.75 Å². The number of ether oxygens (including phenoxy) is 1. The molecule has 0 atom stereocenters. The largest absolute Gasteiger partial charge is 0.497 e. The van der Waals surface area contributed by atoms with Gasteiger partial charge in [-0.15, -0.1) is 0 Å². The van der Waals surface area contributed by atoms with Gasteiger partial charge >= 0.3 is 0 Å². The first-order valence-electron chi connectivity index (χ1n) is 6.29. The van der Waals surface area contributed by atoms with Crippen LogP contribution in [0.4, 0.5) is 5.69 Å². The molecule has 0 radical (unpaired) electrons. The molecule has 1 aliphatic heterocycles. The van der Waals surface area contributed by atoms with Crippen molar-refractivity contribution in [3.8, 4) is 5.75 Å². The SMILES string of the molecule is CC.COc1ccc(N2CCCCC2)cc1. The summed E-state index contributed by atoms with van der Waals surface area (Å²) in [6, 6.07) is 8.35. The van der Waals surface area contributed by atoms with Gasteiger partial charge in [-0.2, -0.15) is 0 Å². The predicted molar refractivity (Wildman–Crippen MR) is 70.4 cm³/mol. The van der Waals surface area contributed by atoms with Crippen molar-refractivity contribution in [1.29, 1.82) is 0 Å². The van der Waals surface area contributed by atoms with Gasteiger partial charge in [-0.25, -0.2) is 0 Å². The lowest BCUT2D eigenvalue weighted by molar-refractivity contribution is 0.414. The fourth-order valence-corrected chi connectivity index (χ4v) is 1.95. The molecule has 90 valence electrons. The second kappa shape index (κ2) is 7.15. The van der Waals surface area contributed by atoms with E-state index >= 15 is 0 Å². The quantitative estimate of drug-likeness (QED) is 0.755. The molecule has 0 bridgehead atoms. The van der Waals surface area contributed by atoms with Gasteiger partial charge in [0.05, 0.1) is 7.11 Å². The van der Waals surface area contributed by atoms with Crippen molar-refractivity contribution in [2.75, 3.05) is 25.1 Å². The molecule has 0 amide bonds. The minimum atomic E-state index is 0.936. The topological polar surface area (TPSA) is 12.5 Å². The molecule has 1 aromatic rings.